The first-order valence-electron chi connectivity index (χ1n) is 13.5. The van der Waals surface area contributed by atoms with Gasteiger partial charge in [-0.2, -0.15) is 0 Å². The van der Waals surface area contributed by atoms with E-state index in [4.69, 9.17) is 23.2 Å². The number of Topliss-reactive ketones (excluding diaryl/α,β-unsaturated/α-hetero) is 1. The summed E-state index contributed by atoms with van der Waals surface area (Å²) < 4.78 is 26.8. The topological polar surface area (TPSA) is 104 Å². The van der Waals surface area contributed by atoms with Crippen LogP contribution in [0.2, 0.25) is 10.0 Å². The largest absolute Gasteiger partial charge is 0.352 e. The predicted octanol–water partition coefficient (Wildman–Crippen LogP) is 5.52. The molecule has 224 valence electrons. The van der Waals surface area contributed by atoms with E-state index in [0.717, 1.165) is 16.1 Å². The monoisotopic (exact) mass is 631 g/mol. The number of ketones is 1. The fraction of sp³-hybridized carbons (Fsp3) is 0.323. The molecule has 0 saturated carbocycles. The Morgan fingerprint density at radius 2 is 1.60 bits per heavy atom. The van der Waals surface area contributed by atoms with E-state index in [2.05, 4.69) is 5.32 Å². The summed E-state index contributed by atoms with van der Waals surface area (Å²) in [5.41, 5.74) is 1.90. The molecule has 0 bridgehead atoms. The number of sulfonamides is 1. The Bertz CT molecular complexity index is 1530. The van der Waals surface area contributed by atoms with Crippen molar-refractivity contribution < 1.29 is 22.8 Å². The molecule has 0 heterocycles. The summed E-state index contributed by atoms with van der Waals surface area (Å²) in [5.74, 6) is -1.23. The standard InChI is InChI=1S/C31H35Cl2N3O5S/c1-5-21(2)34-31(39)29(17-23-10-7-6-8-11-23)35(19-24-14-15-27(32)28(33)16-24)30(38)20-36(42(4,40)41)26-13-9-12-25(18-26)22(3)37/h6-16,18,21,29H,5,17,19-20H2,1-4H3,(H,34,39). The highest BCUT2D eigenvalue weighted by Gasteiger charge is 2.33. The van der Waals surface area contributed by atoms with E-state index in [9.17, 15) is 22.8 Å². The second kappa shape index (κ2) is 14.7. The van der Waals surface area contributed by atoms with Crippen molar-refractivity contribution in [2.45, 2.75) is 52.2 Å². The van der Waals surface area contributed by atoms with Crippen LogP contribution in [0.15, 0.2) is 72.8 Å². The van der Waals surface area contributed by atoms with Crippen molar-refractivity contribution >= 4 is 56.5 Å². The number of nitrogens with zero attached hydrogens (tertiary/aromatic N) is 2. The van der Waals surface area contributed by atoms with E-state index < -0.39 is 28.5 Å². The zero-order valence-electron chi connectivity index (χ0n) is 24.0. The number of hydrogen-bond donors (Lipinski definition) is 1. The Labute approximate surface area is 257 Å². The maximum atomic E-state index is 14.2. The number of carbonyl (C=O) groups excluding carboxylic acids is 3. The minimum atomic E-state index is -3.97. The van der Waals surface area contributed by atoms with E-state index in [1.54, 1.807) is 30.3 Å². The van der Waals surface area contributed by atoms with Crippen LogP contribution in [0.25, 0.3) is 0 Å². The molecular formula is C31H35Cl2N3O5S. The van der Waals surface area contributed by atoms with E-state index in [1.807, 2.05) is 44.2 Å². The van der Waals surface area contributed by atoms with E-state index in [-0.39, 0.29) is 41.4 Å². The lowest BCUT2D eigenvalue weighted by molar-refractivity contribution is -0.140. The summed E-state index contributed by atoms with van der Waals surface area (Å²) in [4.78, 5) is 41.2. The van der Waals surface area contributed by atoms with Gasteiger partial charge < -0.3 is 10.2 Å². The van der Waals surface area contributed by atoms with Crippen molar-refractivity contribution in [2.24, 2.45) is 0 Å². The first-order chi connectivity index (χ1) is 19.8. The highest BCUT2D eigenvalue weighted by atomic mass is 35.5. The molecular weight excluding hydrogens is 597 g/mol. The summed E-state index contributed by atoms with van der Waals surface area (Å²) >= 11 is 12.4. The molecule has 42 heavy (non-hydrogen) atoms. The highest BCUT2D eigenvalue weighted by Crippen LogP contribution is 2.25. The van der Waals surface area contributed by atoms with Crippen LogP contribution in [0, 0.1) is 0 Å². The fourth-order valence-electron chi connectivity index (χ4n) is 4.32. The lowest BCUT2D eigenvalue weighted by Gasteiger charge is -2.34. The van der Waals surface area contributed by atoms with E-state index in [1.165, 1.54) is 24.0 Å². The van der Waals surface area contributed by atoms with Crippen molar-refractivity contribution in [1.82, 2.24) is 10.2 Å². The van der Waals surface area contributed by atoms with Gasteiger partial charge in [-0.25, -0.2) is 8.42 Å². The van der Waals surface area contributed by atoms with Gasteiger partial charge in [0.15, 0.2) is 5.78 Å². The molecule has 11 heteroatoms. The van der Waals surface area contributed by atoms with Crippen molar-refractivity contribution in [3.05, 3.63) is 99.5 Å². The molecule has 0 aliphatic rings. The lowest BCUT2D eigenvalue weighted by atomic mass is 10.0. The van der Waals surface area contributed by atoms with Crippen molar-refractivity contribution in [3.63, 3.8) is 0 Å². The zero-order chi connectivity index (χ0) is 31.0. The summed E-state index contributed by atoms with van der Waals surface area (Å²) in [5, 5.41) is 3.59. The van der Waals surface area contributed by atoms with E-state index in [0.29, 0.717) is 22.6 Å². The number of hydrogen-bond acceptors (Lipinski definition) is 5. The quantitative estimate of drug-likeness (QED) is 0.250. The van der Waals surface area contributed by atoms with Crippen LogP contribution in [0.1, 0.15) is 48.7 Å². The minimum Gasteiger partial charge on any atom is -0.352 e. The van der Waals surface area contributed by atoms with Gasteiger partial charge in [-0.1, -0.05) is 78.7 Å². The van der Waals surface area contributed by atoms with E-state index >= 15 is 0 Å². The van der Waals surface area contributed by atoms with Gasteiger partial charge in [0.25, 0.3) is 0 Å². The third kappa shape index (κ3) is 9.05. The predicted molar refractivity (Wildman–Crippen MR) is 167 cm³/mol. The van der Waals surface area contributed by atoms with Gasteiger partial charge in [-0.05, 0) is 55.7 Å². The first kappa shape index (κ1) is 33.1. The number of amides is 2. The van der Waals surface area contributed by atoms with Crippen molar-refractivity contribution in [1.29, 1.82) is 0 Å². The molecule has 8 nitrogen and oxygen atoms in total. The molecule has 3 aromatic rings. The van der Waals surface area contributed by atoms with Gasteiger partial charge in [-0.3, -0.25) is 18.7 Å². The molecule has 2 atom stereocenters. The summed E-state index contributed by atoms with van der Waals surface area (Å²) in [6.07, 6.45) is 1.86. The Balaban J connectivity index is 2.10. The van der Waals surface area contributed by atoms with Gasteiger partial charge in [0.05, 0.1) is 22.0 Å². The molecule has 3 rings (SSSR count). The molecule has 1 N–H and O–H groups in total. The lowest BCUT2D eigenvalue weighted by Crippen LogP contribution is -2.54. The number of rotatable bonds is 13. The average molecular weight is 633 g/mol. The fourth-order valence-corrected chi connectivity index (χ4v) is 5.49. The minimum absolute atomic E-state index is 0.0355. The molecule has 0 saturated heterocycles. The molecule has 0 fully saturated rings. The molecule has 0 radical (unpaired) electrons. The third-order valence-electron chi connectivity index (χ3n) is 6.83. The molecule has 0 aliphatic carbocycles. The van der Waals surface area contributed by atoms with Crippen LogP contribution in [-0.4, -0.2) is 55.8 Å². The molecule has 3 aromatic carbocycles. The number of nitrogens with one attached hydrogen (secondary N) is 1. The van der Waals surface area contributed by atoms with Crippen LogP contribution in [0.5, 0.6) is 0 Å². The second-order valence-corrected chi connectivity index (χ2v) is 12.9. The van der Waals surface area contributed by atoms with Crippen LogP contribution >= 0.6 is 23.2 Å². The Hall–Kier alpha value is -3.40. The number of halogens is 2. The second-order valence-electron chi connectivity index (χ2n) is 10.2. The van der Waals surface area contributed by atoms with Gasteiger partial charge in [0.1, 0.15) is 12.6 Å². The van der Waals surface area contributed by atoms with Crippen molar-refractivity contribution in [3.8, 4) is 0 Å². The van der Waals surface area contributed by atoms with Gasteiger partial charge in [-0.15, -0.1) is 0 Å². The first-order valence-corrected chi connectivity index (χ1v) is 16.1. The molecule has 2 amide bonds. The third-order valence-corrected chi connectivity index (χ3v) is 8.71. The Morgan fingerprint density at radius 1 is 0.905 bits per heavy atom. The van der Waals surface area contributed by atoms with Crippen LogP contribution < -0.4 is 9.62 Å². The smallest absolute Gasteiger partial charge is 0.244 e. The molecule has 0 aromatic heterocycles. The summed E-state index contributed by atoms with van der Waals surface area (Å²) in [6.45, 7) is 4.55. The summed E-state index contributed by atoms with van der Waals surface area (Å²) in [6, 6.07) is 19.1. The molecule has 0 aliphatic heterocycles. The highest BCUT2D eigenvalue weighted by molar-refractivity contribution is 7.92. The van der Waals surface area contributed by atoms with Crippen LogP contribution in [-0.2, 0) is 32.6 Å². The number of benzene rings is 3. The average Bonchev–Trinajstić information content (AvgIpc) is 2.95. The normalized spacial score (nSPS) is 12.7. The van der Waals surface area contributed by atoms with Crippen LogP contribution in [0.3, 0.4) is 0 Å². The molecule has 2 unspecified atom stereocenters. The maximum Gasteiger partial charge on any atom is 0.244 e. The SMILES string of the molecule is CCC(C)NC(=O)C(Cc1ccccc1)N(Cc1ccc(Cl)c(Cl)c1)C(=O)CN(c1cccc(C(C)=O)c1)S(C)(=O)=O. The van der Waals surface area contributed by atoms with Crippen LogP contribution in [0.4, 0.5) is 5.69 Å². The Morgan fingerprint density at radius 3 is 2.19 bits per heavy atom. The number of carbonyl (C=O) groups is 3. The number of anilines is 1. The van der Waals surface area contributed by atoms with Crippen molar-refractivity contribution in [2.75, 3.05) is 17.1 Å². The Kier molecular flexibility index (Phi) is 11.6. The summed E-state index contributed by atoms with van der Waals surface area (Å²) in [7, 11) is -3.97. The zero-order valence-corrected chi connectivity index (χ0v) is 26.3. The van der Waals surface area contributed by atoms with Gasteiger partial charge in [0.2, 0.25) is 21.8 Å². The van der Waals surface area contributed by atoms with Gasteiger partial charge in [0, 0.05) is 24.6 Å². The van der Waals surface area contributed by atoms with Gasteiger partial charge >= 0.3 is 0 Å². The molecule has 0 spiro atoms. The maximum absolute atomic E-state index is 14.2.